The molecule has 0 aliphatic carbocycles. The first-order chi connectivity index (χ1) is 8.90. The number of pyridine rings is 1. The van der Waals surface area contributed by atoms with Crippen molar-refractivity contribution in [1.29, 1.82) is 0 Å². The lowest BCUT2D eigenvalue weighted by Gasteiger charge is -2.26. The monoisotopic (exact) mass is 298 g/mol. The number of hydrogen-bond donors (Lipinski definition) is 1. The van der Waals surface area contributed by atoms with E-state index in [2.05, 4.69) is 47.4 Å². The van der Waals surface area contributed by atoms with Gasteiger partial charge in [0.15, 0.2) is 10.4 Å². The highest BCUT2D eigenvalue weighted by molar-refractivity contribution is 7.71. The van der Waals surface area contributed by atoms with Crippen molar-refractivity contribution in [3.8, 4) is 0 Å². The molecule has 1 N–H and O–H groups in total. The zero-order valence-electron chi connectivity index (χ0n) is 11.6. The molecule has 6 heteroatoms. The average molecular weight is 299 g/mol. The summed E-state index contributed by atoms with van der Waals surface area (Å²) >= 11 is 11.4. The number of aromatic amines is 1. The summed E-state index contributed by atoms with van der Waals surface area (Å²) in [7, 11) is 4.14. The number of H-pyrrole nitrogens is 1. The number of likely N-dealkylation sites (N-methyl/N-ethyl adjacent to an activating group) is 1. The Morgan fingerprint density at radius 1 is 1.47 bits per heavy atom. The fourth-order valence-corrected chi connectivity index (χ4v) is 2.75. The van der Waals surface area contributed by atoms with Crippen LogP contribution in [0.1, 0.15) is 19.9 Å². The molecule has 0 saturated heterocycles. The SMILES string of the molecule is CC(C)C(CN(C)C)n1c(=S)[nH]c2cc(Cl)cnc21. The lowest BCUT2D eigenvalue weighted by Crippen LogP contribution is -2.28. The van der Waals surface area contributed by atoms with Gasteiger partial charge < -0.3 is 9.88 Å². The summed E-state index contributed by atoms with van der Waals surface area (Å²) in [4.78, 5) is 9.78. The van der Waals surface area contributed by atoms with Gasteiger partial charge in [0, 0.05) is 12.7 Å². The van der Waals surface area contributed by atoms with E-state index in [1.165, 1.54) is 0 Å². The molecule has 0 aliphatic heterocycles. The van der Waals surface area contributed by atoms with Gasteiger partial charge in [-0.25, -0.2) is 4.98 Å². The standard InChI is InChI=1S/C13H19ClN4S/c1-8(2)11(7-17(3)4)18-12-10(16-13(18)19)5-9(14)6-15-12/h5-6,8,11H,7H2,1-4H3,(H,16,19). The molecule has 2 heterocycles. The first-order valence-electron chi connectivity index (χ1n) is 6.30. The number of rotatable bonds is 4. The van der Waals surface area contributed by atoms with Gasteiger partial charge in [0.05, 0.1) is 16.6 Å². The van der Waals surface area contributed by atoms with Gasteiger partial charge in [0.25, 0.3) is 0 Å². The van der Waals surface area contributed by atoms with E-state index in [4.69, 9.17) is 23.8 Å². The van der Waals surface area contributed by atoms with Crippen LogP contribution in [0, 0.1) is 10.7 Å². The van der Waals surface area contributed by atoms with E-state index in [-0.39, 0.29) is 6.04 Å². The van der Waals surface area contributed by atoms with Crippen molar-refractivity contribution in [3.63, 3.8) is 0 Å². The van der Waals surface area contributed by atoms with Gasteiger partial charge in [0.2, 0.25) is 0 Å². The highest BCUT2D eigenvalue weighted by atomic mass is 35.5. The number of hydrogen-bond acceptors (Lipinski definition) is 3. The highest BCUT2D eigenvalue weighted by Gasteiger charge is 2.20. The summed E-state index contributed by atoms with van der Waals surface area (Å²) in [6.07, 6.45) is 1.66. The van der Waals surface area contributed by atoms with E-state index >= 15 is 0 Å². The third-order valence-corrected chi connectivity index (χ3v) is 3.68. The van der Waals surface area contributed by atoms with Gasteiger partial charge in [-0.3, -0.25) is 4.57 Å². The Balaban J connectivity index is 2.59. The molecular formula is C13H19ClN4S. The second-order valence-electron chi connectivity index (χ2n) is 5.40. The van der Waals surface area contributed by atoms with E-state index < -0.39 is 0 Å². The normalized spacial score (nSPS) is 13.6. The molecule has 0 amide bonds. The Hall–Kier alpha value is -0.910. The van der Waals surface area contributed by atoms with Crippen molar-refractivity contribution in [2.45, 2.75) is 19.9 Å². The summed E-state index contributed by atoms with van der Waals surface area (Å²) in [5, 5.41) is 0.615. The van der Waals surface area contributed by atoms with Gasteiger partial charge in [-0.2, -0.15) is 0 Å². The van der Waals surface area contributed by atoms with Gasteiger partial charge >= 0.3 is 0 Å². The molecule has 0 aliphatic rings. The maximum Gasteiger partial charge on any atom is 0.179 e. The third kappa shape index (κ3) is 2.99. The minimum Gasteiger partial charge on any atom is -0.329 e. The summed E-state index contributed by atoms with van der Waals surface area (Å²) in [6, 6.07) is 2.15. The van der Waals surface area contributed by atoms with Gasteiger partial charge in [0.1, 0.15) is 0 Å². The van der Waals surface area contributed by atoms with Crippen molar-refractivity contribution in [2.75, 3.05) is 20.6 Å². The maximum absolute atomic E-state index is 5.97. The quantitative estimate of drug-likeness (QED) is 0.878. The molecule has 2 aromatic heterocycles. The number of nitrogens with one attached hydrogen (secondary N) is 1. The predicted molar refractivity (Wildman–Crippen MR) is 82.4 cm³/mol. The fraction of sp³-hybridized carbons (Fsp3) is 0.538. The largest absolute Gasteiger partial charge is 0.329 e. The second kappa shape index (κ2) is 5.61. The Bertz CT molecular complexity index is 629. The zero-order chi connectivity index (χ0) is 14.2. The average Bonchev–Trinajstić information content (AvgIpc) is 2.60. The summed E-state index contributed by atoms with van der Waals surface area (Å²) in [6.45, 7) is 5.32. The third-order valence-electron chi connectivity index (χ3n) is 3.18. The minimum atomic E-state index is 0.282. The molecule has 0 saturated carbocycles. The molecular weight excluding hydrogens is 280 g/mol. The second-order valence-corrected chi connectivity index (χ2v) is 6.22. The van der Waals surface area contributed by atoms with Crippen molar-refractivity contribution in [3.05, 3.63) is 22.1 Å². The molecule has 0 aromatic carbocycles. The molecule has 0 bridgehead atoms. The molecule has 4 nitrogen and oxygen atoms in total. The van der Waals surface area contributed by atoms with Crippen LogP contribution in [0.3, 0.4) is 0 Å². The van der Waals surface area contributed by atoms with E-state index in [1.807, 2.05) is 6.07 Å². The van der Waals surface area contributed by atoms with E-state index in [9.17, 15) is 0 Å². The van der Waals surface area contributed by atoms with Crippen LogP contribution in [0.5, 0.6) is 0 Å². The Kier molecular flexibility index (Phi) is 4.28. The van der Waals surface area contributed by atoms with Crippen LogP contribution in [-0.4, -0.2) is 40.1 Å². The maximum atomic E-state index is 5.97. The molecule has 1 atom stereocenters. The number of fused-ring (bicyclic) bond motifs is 1. The first-order valence-corrected chi connectivity index (χ1v) is 7.09. The lowest BCUT2D eigenvalue weighted by atomic mass is 10.0. The Labute approximate surface area is 123 Å². The molecule has 0 spiro atoms. The van der Waals surface area contributed by atoms with Crippen LogP contribution in [0.2, 0.25) is 5.02 Å². The highest BCUT2D eigenvalue weighted by Crippen LogP contribution is 2.25. The van der Waals surface area contributed by atoms with Crippen molar-refractivity contribution < 1.29 is 0 Å². The van der Waals surface area contributed by atoms with Crippen LogP contribution in [0.15, 0.2) is 12.3 Å². The van der Waals surface area contributed by atoms with Crippen LogP contribution in [-0.2, 0) is 0 Å². The number of imidazole rings is 1. The van der Waals surface area contributed by atoms with Crippen molar-refractivity contribution in [2.24, 2.45) is 5.92 Å². The molecule has 0 fully saturated rings. The minimum absolute atomic E-state index is 0.282. The Morgan fingerprint density at radius 2 is 2.16 bits per heavy atom. The number of halogens is 1. The molecule has 2 aromatic rings. The smallest absolute Gasteiger partial charge is 0.179 e. The van der Waals surface area contributed by atoms with Gasteiger partial charge in [-0.15, -0.1) is 0 Å². The first kappa shape index (κ1) is 14.5. The van der Waals surface area contributed by atoms with Gasteiger partial charge in [-0.1, -0.05) is 25.4 Å². The van der Waals surface area contributed by atoms with Crippen LogP contribution >= 0.6 is 23.8 Å². The topological polar surface area (TPSA) is 36.9 Å². The van der Waals surface area contributed by atoms with E-state index in [1.54, 1.807) is 6.20 Å². The van der Waals surface area contributed by atoms with E-state index in [0.717, 1.165) is 17.7 Å². The molecule has 1 unspecified atom stereocenters. The van der Waals surface area contributed by atoms with Crippen LogP contribution in [0.4, 0.5) is 0 Å². The summed E-state index contributed by atoms with van der Waals surface area (Å²) < 4.78 is 2.80. The lowest BCUT2D eigenvalue weighted by molar-refractivity contribution is 0.271. The molecule has 104 valence electrons. The van der Waals surface area contributed by atoms with Crippen LogP contribution in [0.25, 0.3) is 11.2 Å². The fourth-order valence-electron chi connectivity index (χ4n) is 2.26. The Morgan fingerprint density at radius 3 is 2.74 bits per heavy atom. The summed E-state index contributed by atoms with van der Waals surface area (Å²) in [5.41, 5.74) is 1.76. The summed E-state index contributed by atoms with van der Waals surface area (Å²) in [5.74, 6) is 0.463. The number of nitrogens with zero attached hydrogens (tertiary/aromatic N) is 3. The van der Waals surface area contributed by atoms with Crippen LogP contribution < -0.4 is 0 Å². The van der Waals surface area contributed by atoms with E-state index in [0.29, 0.717) is 15.7 Å². The molecule has 0 radical (unpaired) electrons. The molecule has 19 heavy (non-hydrogen) atoms. The van der Waals surface area contributed by atoms with Crippen molar-refractivity contribution >= 4 is 35.0 Å². The number of aromatic nitrogens is 3. The predicted octanol–water partition coefficient (Wildman–Crippen LogP) is 3.51. The van der Waals surface area contributed by atoms with Gasteiger partial charge in [-0.05, 0) is 38.3 Å². The molecule has 2 rings (SSSR count). The zero-order valence-corrected chi connectivity index (χ0v) is 13.2. The van der Waals surface area contributed by atoms with Crippen molar-refractivity contribution in [1.82, 2.24) is 19.4 Å².